The van der Waals surface area contributed by atoms with Gasteiger partial charge in [0.25, 0.3) is 0 Å². The summed E-state index contributed by atoms with van der Waals surface area (Å²) >= 11 is 0. The normalized spacial score (nSPS) is 14.8. The van der Waals surface area contributed by atoms with Crippen molar-refractivity contribution in [3.05, 3.63) is 53.6 Å². The summed E-state index contributed by atoms with van der Waals surface area (Å²) in [7, 11) is 3.07. The first-order valence-electron chi connectivity index (χ1n) is 7.49. The SMILES string of the molecule is COc1ccc(C2(C(=O)Nc3ccc(F)c(F)c3)CC2)cc1OC. The van der Waals surface area contributed by atoms with E-state index in [1.807, 2.05) is 6.07 Å². The maximum absolute atomic E-state index is 13.3. The van der Waals surface area contributed by atoms with E-state index < -0.39 is 17.0 Å². The van der Waals surface area contributed by atoms with E-state index >= 15 is 0 Å². The largest absolute Gasteiger partial charge is 0.493 e. The molecule has 1 amide bonds. The van der Waals surface area contributed by atoms with Gasteiger partial charge in [0.05, 0.1) is 19.6 Å². The van der Waals surface area contributed by atoms with Gasteiger partial charge >= 0.3 is 0 Å². The Balaban J connectivity index is 1.85. The number of methoxy groups -OCH3 is 2. The monoisotopic (exact) mass is 333 g/mol. The van der Waals surface area contributed by atoms with Gasteiger partial charge in [0.1, 0.15) is 0 Å². The van der Waals surface area contributed by atoms with Crippen LogP contribution in [0.4, 0.5) is 14.5 Å². The van der Waals surface area contributed by atoms with Crippen LogP contribution >= 0.6 is 0 Å². The van der Waals surface area contributed by atoms with E-state index in [1.54, 1.807) is 19.2 Å². The van der Waals surface area contributed by atoms with Crippen LogP contribution in [0, 0.1) is 11.6 Å². The molecular weight excluding hydrogens is 316 g/mol. The molecule has 6 heteroatoms. The van der Waals surface area contributed by atoms with Crippen LogP contribution in [-0.2, 0) is 10.2 Å². The van der Waals surface area contributed by atoms with E-state index in [-0.39, 0.29) is 11.6 Å². The lowest BCUT2D eigenvalue weighted by molar-refractivity contribution is -0.118. The van der Waals surface area contributed by atoms with Crippen molar-refractivity contribution in [2.45, 2.75) is 18.3 Å². The number of hydrogen-bond acceptors (Lipinski definition) is 3. The summed E-state index contributed by atoms with van der Waals surface area (Å²) in [5.74, 6) is -1.07. The minimum Gasteiger partial charge on any atom is -0.493 e. The molecule has 0 unspecified atom stereocenters. The Bertz CT molecular complexity index is 788. The number of rotatable bonds is 5. The van der Waals surface area contributed by atoms with Gasteiger partial charge in [-0.05, 0) is 42.7 Å². The number of carbonyl (C=O) groups is 1. The summed E-state index contributed by atoms with van der Waals surface area (Å²) in [5, 5.41) is 2.66. The Labute approximate surface area is 138 Å². The molecule has 1 saturated carbocycles. The zero-order valence-electron chi connectivity index (χ0n) is 13.4. The molecule has 0 saturated heterocycles. The number of ether oxygens (including phenoxy) is 2. The summed E-state index contributed by atoms with van der Waals surface area (Å²) < 4.78 is 36.8. The van der Waals surface area contributed by atoms with E-state index in [4.69, 9.17) is 9.47 Å². The van der Waals surface area contributed by atoms with Crippen LogP contribution in [0.3, 0.4) is 0 Å². The van der Waals surface area contributed by atoms with Gasteiger partial charge in [-0.25, -0.2) is 8.78 Å². The molecule has 0 bridgehead atoms. The number of anilines is 1. The van der Waals surface area contributed by atoms with E-state index in [1.165, 1.54) is 13.2 Å². The van der Waals surface area contributed by atoms with Crippen molar-refractivity contribution in [2.24, 2.45) is 0 Å². The molecular formula is C18H17F2NO3. The Morgan fingerprint density at radius 2 is 1.71 bits per heavy atom. The zero-order chi connectivity index (χ0) is 17.3. The number of carbonyl (C=O) groups excluding carboxylic acids is 1. The second-order valence-corrected chi connectivity index (χ2v) is 5.73. The van der Waals surface area contributed by atoms with Crippen molar-refractivity contribution < 1.29 is 23.0 Å². The molecule has 3 rings (SSSR count). The first-order chi connectivity index (χ1) is 11.5. The highest BCUT2D eigenvalue weighted by Gasteiger charge is 2.51. The van der Waals surface area contributed by atoms with Crippen molar-refractivity contribution in [3.63, 3.8) is 0 Å². The first kappa shape index (κ1) is 16.2. The van der Waals surface area contributed by atoms with Crippen molar-refractivity contribution >= 4 is 11.6 Å². The van der Waals surface area contributed by atoms with Crippen LogP contribution in [0.25, 0.3) is 0 Å². The number of amides is 1. The highest BCUT2D eigenvalue weighted by Crippen LogP contribution is 2.50. The van der Waals surface area contributed by atoms with Gasteiger partial charge in [0.15, 0.2) is 23.1 Å². The topological polar surface area (TPSA) is 47.6 Å². The molecule has 0 heterocycles. The minimum absolute atomic E-state index is 0.227. The highest BCUT2D eigenvalue weighted by atomic mass is 19.2. The standard InChI is InChI=1S/C18H17F2NO3/c1-23-15-6-3-11(9-16(15)24-2)18(7-8-18)17(22)21-12-4-5-13(19)14(20)10-12/h3-6,9-10H,7-8H2,1-2H3,(H,21,22). The van der Waals surface area contributed by atoms with Crippen LogP contribution in [0.2, 0.25) is 0 Å². The predicted molar refractivity (Wildman–Crippen MR) is 85.4 cm³/mol. The van der Waals surface area contributed by atoms with Gasteiger partial charge in [-0.1, -0.05) is 6.07 Å². The molecule has 1 aliphatic carbocycles. The third-order valence-electron chi connectivity index (χ3n) is 4.30. The fraction of sp³-hybridized carbons (Fsp3) is 0.278. The average molecular weight is 333 g/mol. The fourth-order valence-electron chi connectivity index (χ4n) is 2.73. The molecule has 4 nitrogen and oxygen atoms in total. The number of nitrogens with one attached hydrogen (secondary N) is 1. The van der Waals surface area contributed by atoms with Crippen molar-refractivity contribution in [1.82, 2.24) is 0 Å². The van der Waals surface area contributed by atoms with Crippen molar-refractivity contribution in [3.8, 4) is 11.5 Å². The molecule has 0 aliphatic heterocycles. The van der Waals surface area contributed by atoms with Crippen LogP contribution in [0.1, 0.15) is 18.4 Å². The molecule has 126 valence electrons. The lowest BCUT2D eigenvalue weighted by atomic mass is 9.94. The molecule has 2 aromatic rings. The zero-order valence-corrected chi connectivity index (χ0v) is 13.4. The van der Waals surface area contributed by atoms with Gasteiger partial charge in [0, 0.05) is 11.8 Å². The average Bonchev–Trinajstić information content (AvgIpc) is 3.39. The maximum Gasteiger partial charge on any atom is 0.235 e. The van der Waals surface area contributed by atoms with Crippen molar-refractivity contribution in [2.75, 3.05) is 19.5 Å². The van der Waals surface area contributed by atoms with Crippen LogP contribution in [0.5, 0.6) is 11.5 Å². The van der Waals surface area contributed by atoms with Crippen LogP contribution < -0.4 is 14.8 Å². The number of benzene rings is 2. The summed E-state index contributed by atoms with van der Waals surface area (Å²) in [6.07, 6.45) is 1.36. The van der Waals surface area contributed by atoms with E-state index in [0.717, 1.165) is 17.7 Å². The summed E-state index contributed by atoms with van der Waals surface area (Å²) in [6, 6.07) is 8.63. The molecule has 0 aromatic heterocycles. The van der Waals surface area contributed by atoms with E-state index in [9.17, 15) is 13.6 Å². The first-order valence-corrected chi connectivity index (χ1v) is 7.49. The summed E-state index contributed by atoms with van der Waals surface area (Å²) in [6.45, 7) is 0. The Morgan fingerprint density at radius 1 is 1.00 bits per heavy atom. The second-order valence-electron chi connectivity index (χ2n) is 5.73. The third kappa shape index (κ3) is 2.79. The molecule has 2 aromatic carbocycles. The molecule has 0 spiro atoms. The molecule has 1 aliphatic rings. The quantitative estimate of drug-likeness (QED) is 0.908. The maximum atomic E-state index is 13.3. The molecule has 0 atom stereocenters. The lowest BCUT2D eigenvalue weighted by Gasteiger charge is -2.18. The van der Waals surface area contributed by atoms with Gasteiger partial charge in [-0.3, -0.25) is 4.79 Å². The Hall–Kier alpha value is -2.63. The summed E-state index contributed by atoms with van der Waals surface area (Å²) in [4.78, 5) is 12.6. The van der Waals surface area contributed by atoms with Crippen LogP contribution in [0.15, 0.2) is 36.4 Å². The molecule has 0 radical (unpaired) electrons. The smallest absolute Gasteiger partial charge is 0.235 e. The molecule has 1 fully saturated rings. The molecule has 24 heavy (non-hydrogen) atoms. The van der Waals surface area contributed by atoms with Gasteiger partial charge in [-0.2, -0.15) is 0 Å². The van der Waals surface area contributed by atoms with Gasteiger partial charge in [0.2, 0.25) is 5.91 Å². The third-order valence-corrected chi connectivity index (χ3v) is 4.30. The van der Waals surface area contributed by atoms with E-state index in [2.05, 4.69) is 5.32 Å². The van der Waals surface area contributed by atoms with Gasteiger partial charge < -0.3 is 14.8 Å². The minimum atomic E-state index is -0.997. The van der Waals surface area contributed by atoms with Crippen molar-refractivity contribution in [1.29, 1.82) is 0 Å². The van der Waals surface area contributed by atoms with E-state index in [0.29, 0.717) is 24.3 Å². The van der Waals surface area contributed by atoms with Gasteiger partial charge in [-0.15, -0.1) is 0 Å². The predicted octanol–water partition coefficient (Wildman–Crippen LogP) is 3.65. The molecule has 1 N–H and O–H groups in total. The summed E-state index contributed by atoms with van der Waals surface area (Å²) in [5.41, 5.74) is 0.357. The second kappa shape index (κ2) is 6.11. The lowest BCUT2D eigenvalue weighted by Crippen LogP contribution is -2.27. The Morgan fingerprint density at radius 3 is 2.29 bits per heavy atom. The fourth-order valence-corrected chi connectivity index (χ4v) is 2.73. The number of halogens is 2. The highest BCUT2D eigenvalue weighted by molar-refractivity contribution is 6.01. The number of hydrogen-bond donors (Lipinski definition) is 1. The van der Waals surface area contributed by atoms with Crippen LogP contribution in [-0.4, -0.2) is 20.1 Å². The Kier molecular flexibility index (Phi) is 4.13.